The van der Waals surface area contributed by atoms with Crippen LogP contribution in [0.3, 0.4) is 0 Å². The van der Waals surface area contributed by atoms with Crippen LogP contribution in [-0.2, 0) is 6.54 Å². The molecule has 0 aliphatic heterocycles. The lowest BCUT2D eigenvalue weighted by molar-refractivity contribution is 0.442. The van der Waals surface area contributed by atoms with Gasteiger partial charge in [-0.25, -0.2) is 4.98 Å². The first-order valence-electron chi connectivity index (χ1n) is 8.58. The van der Waals surface area contributed by atoms with Gasteiger partial charge in [0.05, 0.1) is 10.7 Å². The molecule has 2 saturated carbocycles. The second-order valence-electron chi connectivity index (χ2n) is 6.50. The zero-order valence-corrected chi connectivity index (χ0v) is 13.6. The van der Waals surface area contributed by atoms with Crippen LogP contribution in [0.1, 0.15) is 92.1 Å². The Kier molecular flexibility index (Phi) is 5.11. The molecule has 0 atom stereocenters. The Balaban J connectivity index is 1.65. The van der Waals surface area contributed by atoms with E-state index in [4.69, 9.17) is 4.98 Å². The summed E-state index contributed by atoms with van der Waals surface area (Å²) in [6, 6.07) is 0. The number of hydrogen-bond donors (Lipinski definition) is 1. The third-order valence-electron chi connectivity index (χ3n) is 4.66. The Morgan fingerprint density at radius 1 is 1.10 bits per heavy atom. The molecular formula is C17H28N2S. The van der Waals surface area contributed by atoms with Gasteiger partial charge in [0, 0.05) is 23.3 Å². The molecule has 2 fully saturated rings. The number of thiazole rings is 1. The maximum absolute atomic E-state index is 5.07. The van der Waals surface area contributed by atoms with Crippen LogP contribution in [-0.4, -0.2) is 11.5 Å². The number of unbranched alkanes of at least 4 members (excludes halogenated alkanes) is 1. The second-order valence-corrected chi connectivity index (χ2v) is 7.62. The fourth-order valence-corrected chi connectivity index (χ4v) is 4.50. The Morgan fingerprint density at radius 3 is 2.60 bits per heavy atom. The van der Waals surface area contributed by atoms with E-state index in [1.54, 1.807) is 4.88 Å². The van der Waals surface area contributed by atoms with Gasteiger partial charge >= 0.3 is 0 Å². The molecule has 112 valence electrons. The maximum Gasteiger partial charge on any atom is 0.0962 e. The van der Waals surface area contributed by atoms with Crippen LogP contribution < -0.4 is 5.32 Å². The topological polar surface area (TPSA) is 24.9 Å². The lowest BCUT2D eigenvalue weighted by atomic mass is 9.90. The van der Waals surface area contributed by atoms with Crippen LogP contribution >= 0.6 is 11.3 Å². The summed E-state index contributed by atoms with van der Waals surface area (Å²) in [7, 11) is 0. The van der Waals surface area contributed by atoms with Gasteiger partial charge in [0.1, 0.15) is 0 Å². The molecule has 2 aliphatic rings. The van der Waals surface area contributed by atoms with Crippen molar-refractivity contribution in [2.75, 3.05) is 6.54 Å². The zero-order chi connectivity index (χ0) is 13.8. The molecule has 20 heavy (non-hydrogen) atoms. The minimum absolute atomic E-state index is 0.774. The average molecular weight is 292 g/mol. The quantitative estimate of drug-likeness (QED) is 0.719. The molecule has 0 aromatic carbocycles. The molecule has 1 N–H and O–H groups in total. The van der Waals surface area contributed by atoms with Gasteiger partial charge in [0.2, 0.25) is 0 Å². The van der Waals surface area contributed by atoms with Crippen molar-refractivity contribution < 1.29 is 0 Å². The molecular weight excluding hydrogens is 264 g/mol. The van der Waals surface area contributed by atoms with E-state index in [1.165, 1.54) is 68.5 Å². The van der Waals surface area contributed by atoms with E-state index in [0.717, 1.165) is 24.9 Å². The second kappa shape index (κ2) is 7.04. The van der Waals surface area contributed by atoms with Crippen molar-refractivity contribution in [1.29, 1.82) is 0 Å². The molecule has 2 nitrogen and oxygen atoms in total. The fraction of sp³-hybridized carbons (Fsp3) is 0.824. The maximum atomic E-state index is 5.07. The highest BCUT2D eigenvalue weighted by atomic mass is 32.1. The van der Waals surface area contributed by atoms with Crippen molar-refractivity contribution >= 4 is 11.3 Å². The van der Waals surface area contributed by atoms with Crippen LogP contribution in [0.2, 0.25) is 0 Å². The molecule has 1 heterocycles. The zero-order valence-electron chi connectivity index (χ0n) is 12.8. The Morgan fingerprint density at radius 2 is 1.90 bits per heavy atom. The molecule has 3 rings (SSSR count). The van der Waals surface area contributed by atoms with E-state index in [9.17, 15) is 0 Å². The van der Waals surface area contributed by atoms with E-state index in [-0.39, 0.29) is 0 Å². The van der Waals surface area contributed by atoms with Gasteiger partial charge < -0.3 is 5.32 Å². The molecule has 0 unspecified atom stereocenters. The third kappa shape index (κ3) is 3.62. The predicted octanol–water partition coefficient (Wildman–Crippen LogP) is 4.96. The SMILES string of the molecule is CCCCNCc1sc(C2CCCCC2)nc1C1CC1. The summed E-state index contributed by atoms with van der Waals surface area (Å²) in [6.45, 7) is 4.46. The minimum Gasteiger partial charge on any atom is -0.312 e. The summed E-state index contributed by atoms with van der Waals surface area (Å²) in [5.74, 6) is 1.57. The molecule has 0 radical (unpaired) electrons. The monoisotopic (exact) mass is 292 g/mol. The highest BCUT2D eigenvalue weighted by molar-refractivity contribution is 7.11. The largest absolute Gasteiger partial charge is 0.312 e. The molecule has 1 aromatic heterocycles. The van der Waals surface area contributed by atoms with Crippen molar-refractivity contribution in [3.8, 4) is 0 Å². The van der Waals surface area contributed by atoms with Crippen molar-refractivity contribution in [3.05, 3.63) is 15.6 Å². The Hall–Kier alpha value is -0.410. The molecule has 0 spiro atoms. The van der Waals surface area contributed by atoms with E-state index < -0.39 is 0 Å². The fourth-order valence-electron chi connectivity index (χ4n) is 3.21. The van der Waals surface area contributed by atoms with Crippen molar-refractivity contribution in [3.63, 3.8) is 0 Å². The molecule has 0 amide bonds. The summed E-state index contributed by atoms with van der Waals surface area (Å²) in [4.78, 5) is 6.62. The van der Waals surface area contributed by atoms with Crippen LogP contribution in [0.25, 0.3) is 0 Å². The molecule has 0 saturated heterocycles. The summed E-state index contributed by atoms with van der Waals surface area (Å²) in [6.07, 6.45) is 12.3. The van der Waals surface area contributed by atoms with Crippen LogP contribution in [0, 0.1) is 0 Å². The molecule has 2 aliphatic carbocycles. The van der Waals surface area contributed by atoms with Gasteiger partial charge in [0.15, 0.2) is 0 Å². The van der Waals surface area contributed by atoms with Gasteiger partial charge in [0.25, 0.3) is 0 Å². The summed E-state index contributed by atoms with van der Waals surface area (Å²) in [5.41, 5.74) is 1.46. The van der Waals surface area contributed by atoms with Crippen molar-refractivity contribution in [2.45, 2.75) is 83.1 Å². The summed E-state index contributed by atoms with van der Waals surface area (Å²) >= 11 is 2.02. The summed E-state index contributed by atoms with van der Waals surface area (Å²) < 4.78 is 0. The highest BCUT2D eigenvalue weighted by Gasteiger charge is 2.31. The number of hydrogen-bond acceptors (Lipinski definition) is 3. The number of nitrogens with zero attached hydrogens (tertiary/aromatic N) is 1. The smallest absolute Gasteiger partial charge is 0.0962 e. The first kappa shape index (κ1) is 14.5. The van der Waals surface area contributed by atoms with Crippen molar-refractivity contribution in [1.82, 2.24) is 10.3 Å². The normalized spacial score (nSPS) is 20.4. The van der Waals surface area contributed by atoms with Gasteiger partial charge in [-0.05, 0) is 38.6 Å². The van der Waals surface area contributed by atoms with Crippen LogP contribution in [0.4, 0.5) is 0 Å². The number of aromatic nitrogens is 1. The number of nitrogens with one attached hydrogen (secondary N) is 1. The molecule has 1 aromatic rings. The van der Waals surface area contributed by atoms with Gasteiger partial charge in [-0.3, -0.25) is 0 Å². The van der Waals surface area contributed by atoms with E-state index >= 15 is 0 Å². The van der Waals surface area contributed by atoms with Gasteiger partial charge in [-0.2, -0.15) is 0 Å². The van der Waals surface area contributed by atoms with E-state index in [1.807, 2.05) is 11.3 Å². The molecule has 3 heteroatoms. The Labute approximate surface area is 127 Å². The van der Waals surface area contributed by atoms with E-state index in [2.05, 4.69) is 12.2 Å². The Bertz CT molecular complexity index is 417. The first-order chi connectivity index (χ1) is 9.88. The van der Waals surface area contributed by atoms with Crippen LogP contribution in [0.15, 0.2) is 0 Å². The lowest BCUT2D eigenvalue weighted by Gasteiger charge is -2.18. The third-order valence-corrected chi connectivity index (χ3v) is 5.89. The van der Waals surface area contributed by atoms with Gasteiger partial charge in [-0.15, -0.1) is 11.3 Å². The highest BCUT2D eigenvalue weighted by Crippen LogP contribution is 2.45. The number of rotatable bonds is 7. The standard InChI is InChI=1S/C17H28N2S/c1-2-3-11-18-12-15-16(13-9-10-13)19-17(20-15)14-7-5-4-6-8-14/h13-14,18H,2-12H2,1H3. The van der Waals surface area contributed by atoms with E-state index in [0.29, 0.717) is 0 Å². The lowest BCUT2D eigenvalue weighted by Crippen LogP contribution is -2.14. The van der Waals surface area contributed by atoms with Gasteiger partial charge in [-0.1, -0.05) is 32.6 Å². The van der Waals surface area contributed by atoms with Crippen molar-refractivity contribution in [2.24, 2.45) is 0 Å². The minimum atomic E-state index is 0.774. The average Bonchev–Trinajstić information content (AvgIpc) is 3.25. The van der Waals surface area contributed by atoms with Crippen LogP contribution in [0.5, 0.6) is 0 Å². The molecule has 0 bridgehead atoms. The first-order valence-corrected chi connectivity index (χ1v) is 9.40. The summed E-state index contributed by atoms with van der Waals surface area (Å²) in [5, 5.41) is 5.07. The predicted molar refractivity (Wildman–Crippen MR) is 86.5 cm³/mol.